The summed E-state index contributed by atoms with van der Waals surface area (Å²) in [6, 6.07) is 0. The smallest absolute Gasteiger partial charge is 0.0559 e. The van der Waals surface area contributed by atoms with Gasteiger partial charge in [0.15, 0.2) is 0 Å². The average molecular weight is 215 g/mol. The Morgan fingerprint density at radius 1 is 1.13 bits per heavy atom. The third kappa shape index (κ3) is 10.2. The maximum Gasteiger partial charge on any atom is 0.0559 e. The Bertz CT molecular complexity index is 136. The van der Waals surface area contributed by atoms with E-state index in [-0.39, 0.29) is 0 Å². The van der Waals surface area contributed by atoms with E-state index in [1.807, 2.05) is 0 Å². The minimum atomic E-state index is 0.400. The Balaban J connectivity index is 3.39. The van der Waals surface area contributed by atoms with Gasteiger partial charge in [-0.3, -0.25) is 0 Å². The van der Waals surface area contributed by atoms with Gasteiger partial charge in [0, 0.05) is 13.2 Å². The van der Waals surface area contributed by atoms with Gasteiger partial charge >= 0.3 is 0 Å². The average Bonchev–Trinajstić information content (AvgIpc) is 2.20. The predicted molar refractivity (Wildman–Crippen MR) is 67.3 cm³/mol. The molecule has 0 aromatic heterocycles. The van der Waals surface area contributed by atoms with E-state index in [1.165, 1.54) is 19.4 Å². The van der Waals surface area contributed by atoms with Crippen LogP contribution in [0.5, 0.6) is 0 Å². The molecule has 0 spiro atoms. The molecule has 0 bridgehead atoms. The Labute approximate surface area is 96.0 Å². The molecule has 0 saturated heterocycles. The fourth-order valence-electron chi connectivity index (χ4n) is 1.38. The molecule has 92 valence electrons. The highest BCUT2D eigenvalue weighted by atomic mass is 16.5. The number of hydrogen-bond donors (Lipinski definition) is 0. The monoisotopic (exact) mass is 215 g/mol. The highest BCUT2D eigenvalue weighted by Gasteiger charge is 2.05. The molecule has 1 atom stereocenters. The second-order valence-corrected chi connectivity index (χ2v) is 4.98. The van der Waals surface area contributed by atoms with E-state index in [2.05, 4.69) is 39.6 Å². The third-order valence-electron chi connectivity index (χ3n) is 2.52. The molecule has 0 rings (SSSR count). The molecule has 0 N–H and O–H groups in total. The molecule has 0 aliphatic heterocycles. The van der Waals surface area contributed by atoms with Gasteiger partial charge in [-0.15, -0.1) is 0 Å². The van der Waals surface area contributed by atoms with Crippen molar-refractivity contribution < 1.29 is 4.74 Å². The van der Waals surface area contributed by atoms with Crippen molar-refractivity contribution in [3.8, 4) is 0 Å². The van der Waals surface area contributed by atoms with Gasteiger partial charge in [0.1, 0.15) is 0 Å². The molecule has 2 nitrogen and oxygen atoms in total. The Hall–Kier alpha value is -0.0800. The topological polar surface area (TPSA) is 12.5 Å². The van der Waals surface area contributed by atoms with Crippen LogP contribution < -0.4 is 0 Å². The summed E-state index contributed by atoms with van der Waals surface area (Å²) in [6.45, 7) is 12.1. The number of ether oxygens (including phenoxy) is 1. The van der Waals surface area contributed by atoms with Crippen LogP contribution in [-0.2, 0) is 4.74 Å². The molecule has 2 heteroatoms. The van der Waals surface area contributed by atoms with Crippen LogP contribution in [0.15, 0.2) is 0 Å². The molecule has 0 heterocycles. The van der Waals surface area contributed by atoms with Gasteiger partial charge in [-0.1, -0.05) is 27.2 Å². The first-order chi connectivity index (χ1) is 7.06. The molecule has 0 fully saturated rings. The first-order valence-corrected chi connectivity index (χ1v) is 6.36. The standard InChI is InChI=1S/C13H29NO/c1-6-7-9-14(5)10-8-13(4)15-11-12(2)3/h12-13H,6-11H2,1-5H3. The number of nitrogens with zero attached hydrogens (tertiary/aromatic N) is 1. The first kappa shape index (κ1) is 14.9. The summed E-state index contributed by atoms with van der Waals surface area (Å²) < 4.78 is 5.73. The van der Waals surface area contributed by atoms with Crippen LogP contribution in [0.1, 0.15) is 47.0 Å². The van der Waals surface area contributed by atoms with Gasteiger partial charge in [0.25, 0.3) is 0 Å². The van der Waals surface area contributed by atoms with Gasteiger partial charge in [-0.05, 0) is 39.3 Å². The summed E-state index contributed by atoms with van der Waals surface area (Å²) in [7, 11) is 2.20. The second kappa shape index (κ2) is 9.17. The molecule has 0 aromatic rings. The molecule has 1 unspecified atom stereocenters. The molecule has 0 amide bonds. The molecule has 0 radical (unpaired) electrons. The summed E-state index contributed by atoms with van der Waals surface area (Å²) in [6.07, 6.45) is 4.13. The van der Waals surface area contributed by atoms with Gasteiger partial charge in [-0.25, -0.2) is 0 Å². The number of unbranched alkanes of at least 4 members (excludes halogenated alkanes) is 1. The van der Waals surface area contributed by atoms with Crippen molar-refractivity contribution in [2.75, 3.05) is 26.7 Å². The molecule has 0 aromatic carbocycles. The number of hydrogen-bond acceptors (Lipinski definition) is 2. The van der Waals surface area contributed by atoms with E-state index >= 15 is 0 Å². The van der Waals surface area contributed by atoms with Gasteiger partial charge in [0.2, 0.25) is 0 Å². The van der Waals surface area contributed by atoms with Crippen molar-refractivity contribution >= 4 is 0 Å². The maximum atomic E-state index is 5.73. The van der Waals surface area contributed by atoms with Crippen LogP contribution in [-0.4, -0.2) is 37.7 Å². The molecule has 0 aliphatic rings. The lowest BCUT2D eigenvalue weighted by Gasteiger charge is -2.20. The normalized spacial score (nSPS) is 13.8. The van der Waals surface area contributed by atoms with Crippen LogP contribution in [0.4, 0.5) is 0 Å². The molecule has 15 heavy (non-hydrogen) atoms. The van der Waals surface area contributed by atoms with Crippen molar-refractivity contribution in [3.63, 3.8) is 0 Å². The van der Waals surface area contributed by atoms with E-state index < -0.39 is 0 Å². The summed E-state index contributed by atoms with van der Waals surface area (Å²) >= 11 is 0. The highest BCUT2D eigenvalue weighted by molar-refractivity contribution is 4.57. The van der Waals surface area contributed by atoms with Crippen LogP contribution in [0.2, 0.25) is 0 Å². The Morgan fingerprint density at radius 2 is 1.80 bits per heavy atom. The van der Waals surface area contributed by atoms with Crippen LogP contribution in [0.3, 0.4) is 0 Å². The molecule has 0 saturated carbocycles. The summed E-state index contributed by atoms with van der Waals surface area (Å²) in [5.41, 5.74) is 0. The van der Waals surface area contributed by atoms with E-state index in [9.17, 15) is 0 Å². The number of rotatable bonds is 9. The second-order valence-electron chi connectivity index (χ2n) is 4.98. The van der Waals surface area contributed by atoms with Crippen molar-refractivity contribution in [2.24, 2.45) is 5.92 Å². The third-order valence-corrected chi connectivity index (χ3v) is 2.52. The van der Waals surface area contributed by atoms with E-state index in [1.54, 1.807) is 0 Å². The molecule has 0 aliphatic carbocycles. The Kier molecular flexibility index (Phi) is 9.12. The fraction of sp³-hybridized carbons (Fsp3) is 1.00. The zero-order chi connectivity index (χ0) is 11.7. The zero-order valence-corrected chi connectivity index (χ0v) is 11.3. The van der Waals surface area contributed by atoms with Crippen molar-refractivity contribution in [3.05, 3.63) is 0 Å². The Morgan fingerprint density at radius 3 is 2.33 bits per heavy atom. The van der Waals surface area contributed by atoms with Crippen LogP contribution >= 0.6 is 0 Å². The highest BCUT2D eigenvalue weighted by Crippen LogP contribution is 2.03. The van der Waals surface area contributed by atoms with Gasteiger partial charge < -0.3 is 9.64 Å². The van der Waals surface area contributed by atoms with Crippen LogP contribution in [0.25, 0.3) is 0 Å². The quantitative estimate of drug-likeness (QED) is 0.586. The lowest BCUT2D eigenvalue weighted by Crippen LogP contribution is -2.25. The van der Waals surface area contributed by atoms with Crippen LogP contribution in [0, 0.1) is 5.92 Å². The molecular formula is C13H29NO. The summed E-state index contributed by atoms with van der Waals surface area (Å²) in [4.78, 5) is 2.40. The maximum absolute atomic E-state index is 5.73. The minimum absolute atomic E-state index is 0.400. The van der Waals surface area contributed by atoms with Gasteiger partial charge in [-0.2, -0.15) is 0 Å². The van der Waals surface area contributed by atoms with Crippen molar-refractivity contribution in [2.45, 2.75) is 53.1 Å². The van der Waals surface area contributed by atoms with E-state index in [0.29, 0.717) is 12.0 Å². The fourth-order valence-corrected chi connectivity index (χ4v) is 1.38. The summed E-state index contributed by atoms with van der Waals surface area (Å²) in [5.74, 6) is 0.644. The largest absolute Gasteiger partial charge is 0.378 e. The minimum Gasteiger partial charge on any atom is -0.378 e. The molecular weight excluding hydrogens is 186 g/mol. The first-order valence-electron chi connectivity index (χ1n) is 6.36. The summed E-state index contributed by atoms with van der Waals surface area (Å²) in [5, 5.41) is 0. The lowest BCUT2D eigenvalue weighted by molar-refractivity contribution is 0.0373. The van der Waals surface area contributed by atoms with Crippen molar-refractivity contribution in [1.29, 1.82) is 0 Å². The van der Waals surface area contributed by atoms with Gasteiger partial charge in [0.05, 0.1) is 6.10 Å². The van der Waals surface area contributed by atoms with Crippen molar-refractivity contribution in [1.82, 2.24) is 4.90 Å². The predicted octanol–water partition coefficient (Wildman–Crippen LogP) is 3.17. The van der Waals surface area contributed by atoms with E-state index in [4.69, 9.17) is 4.74 Å². The SMILES string of the molecule is CCCCN(C)CCC(C)OCC(C)C. The zero-order valence-electron chi connectivity index (χ0n) is 11.3. The lowest BCUT2D eigenvalue weighted by atomic mass is 10.2. The van der Waals surface area contributed by atoms with E-state index in [0.717, 1.165) is 19.6 Å².